The molecule has 0 aliphatic carbocycles. The van der Waals surface area contributed by atoms with E-state index in [4.69, 9.17) is 10.2 Å². The number of phenolic OH excluding ortho intramolecular Hbond substituents is 2. The van der Waals surface area contributed by atoms with Gasteiger partial charge in [-0.3, -0.25) is 0 Å². The van der Waals surface area contributed by atoms with Gasteiger partial charge in [0.1, 0.15) is 11.5 Å². The summed E-state index contributed by atoms with van der Waals surface area (Å²) in [5.41, 5.74) is 0. The van der Waals surface area contributed by atoms with Gasteiger partial charge in [-0.2, -0.15) is 36.4 Å². The standard InChI is InChI=1S/2C6H3F3O.2C5H5.Zr/c2*7-4-1-3(10)2-5(8)6(4)9;2*1-2-4-5-3-1;/h2*1-2,10H;2*1-5H;/q;;2*-1;+2. The third kappa shape index (κ3) is 11.2. The molecule has 0 radical (unpaired) electrons. The van der Waals surface area contributed by atoms with Crippen LogP contribution in [0.4, 0.5) is 26.3 Å². The van der Waals surface area contributed by atoms with Gasteiger partial charge < -0.3 is 10.2 Å². The van der Waals surface area contributed by atoms with Crippen molar-refractivity contribution < 1.29 is 62.8 Å². The summed E-state index contributed by atoms with van der Waals surface area (Å²) in [5.74, 6) is -9.96. The molecule has 4 aromatic rings. The Kier molecular flexibility index (Phi) is 13.7. The van der Waals surface area contributed by atoms with Gasteiger partial charge in [0.2, 0.25) is 0 Å². The molecule has 0 aromatic heterocycles. The first-order valence-electron chi connectivity index (χ1n) is 8.22. The topological polar surface area (TPSA) is 40.5 Å². The maximum Gasteiger partial charge on any atom is 2.00 e. The number of aromatic hydroxyl groups is 2. The summed E-state index contributed by atoms with van der Waals surface area (Å²) in [6, 6.07) is 22.0. The fraction of sp³-hybridized carbons (Fsp3) is 0. The van der Waals surface area contributed by atoms with Crippen LogP contribution < -0.4 is 0 Å². The van der Waals surface area contributed by atoms with Crippen LogP contribution in [-0.4, -0.2) is 10.2 Å². The van der Waals surface area contributed by atoms with E-state index in [2.05, 4.69) is 0 Å². The van der Waals surface area contributed by atoms with E-state index in [0.29, 0.717) is 24.3 Å². The van der Waals surface area contributed by atoms with Gasteiger partial charge in [-0.15, -0.1) is 0 Å². The first-order chi connectivity index (χ1) is 14.2. The molecule has 0 spiro atoms. The second kappa shape index (κ2) is 15.1. The summed E-state index contributed by atoms with van der Waals surface area (Å²) in [4.78, 5) is 0. The fourth-order valence-corrected chi connectivity index (χ4v) is 1.73. The number of hydrogen-bond donors (Lipinski definition) is 2. The van der Waals surface area contributed by atoms with E-state index < -0.39 is 46.4 Å². The molecule has 0 aliphatic rings. The first kappa shape index (κ1) is 28.2. The van der Waals surface area contributed by atoms with Crippen LogP contribution in [0, 0.1) is 34.9 Å². The number of benzene rings is 2. The first-order valence-corrected chi connectivity index (χ1v) is 8.22. The summed E-state index contributed by atoms with van der Waals surface area (Å²) >= 11 is 0. The molecule has 0 amide bonds. The predicted octanol–water partition coefficient (Wildman–Crippen LogP) is 6.43. The molecular formula is C22H16F6O2Zr. The average Bonchev–Trinajstić information content (AvgIpc) is 3.43. The normalized spacial score (nSPS) is 8.97. The Balaban J connectivity index is 0.000000401. The Morgan fingerprint density at radius 1 is 0.484 bits per heavy atom. The van der Waals surface area contributed by atoms with E-state index in [0.717, 1.165) is 0 Å². The molecule has 0 bridgehead atoms. The summed E-state index contributed by atoms with van der Waals surface area (Å²) < 4.78 is 72.4. The van der Waals surface area contributed by atoms with E-state index >= 15 is 0 Å². The van der Waals surface area contributed by atoms with Crippen molar-refractivity contribution in [1.29, 1.82) is 0 Å². The van der Waals surface area contributed by atoms with E-state index in [-0.39, 0.29) is 26.2 Å². The van der Waals surface area contributed by atoms with Gasteiger partial charge in [0.25, 0.3) is 0 Å². The monoisotopic (exact) mass is 516 g/mol. The van der Waals surface area contributed by atoms with Crippen LogP contribution in [0.2, 0.25) is 0 Å². The van der Waals surface area contributed by atoms with Crippen LogP contribution in [-0.2, 0) is 26.2 Å². The second-order valence-electron chi connectivity index (χ2n) is 5.37. The van der Waals surface area contributed by atoms with Gasteiger partial charge >= 0.3 is 26.2 Å². The summed E-state index contributed by atoms with van der Waals surface area (Å²) in [6.45, 7) is 0. The van der Waals surface area contributed by atoms with E-state index in [1.807, 2.05) is 60.7 Å². The molecule has 0 fully saturated rings. The molecular weight excluding hydrogens is 501 g/mol. The molecule has 0 saturated carbocycles. The zero-order valence-electron chi connectivity index (χ0n) is 15.7. The zero-order valence-corrected chi connectivity index (χ0v) is 18.2. The van der Waals surface area contributed by atoms with Crippen molar-refractivity contribution in [2.45, 2.75) is 0 Å². The Hall–Kier alpha value is -2.80. The minimum atomic E-state index is -1.57. The molecule has 0 atom stereocenters. The molecule has 0 heterocycles. The number of halogens is 6. The summed E-state index contributed by atoms with van der Waals surface area (Å²) in [7, 11) is 0. The molecule has 0 unspecified atom stereocenters. The third-order valence-corrected chi connectivity index (χ3v) is 3.05. The van der Waals surface area contributed by atoms with Gasteiger partial charge in [0, 0.05) is 24.3 Å². The van der Waals surface area contributed by atoms with Crippen molar-refractivity contribution in [2.75, 3.05) is 0 Å². The smallest absolute Gasteiger partial charge is 0.508 e. The SMILES string of the molecule is Oc1cc(F)c(F)c(F)c1.Oc1cc(F)c(F)c(F)c1.[Zr+2].c1cc[cH-]c1.c1cc[cH-]c1. The zero-order chi connectivity index (χ0) is 22.5. The summed E-state index contributed by atoms with van der Waals surface area (Å²) in [5, 5.41) is 16.9. The molecule has 9 heteroatoms. The maximum atomic E-state index is 12.1. The minimum Gasteiger partial charge on any atom is -0.508 e. The Bertz CT molecular complexity index is 827. The molecule has 0 saturated heterocycles. The van der Waals surface area contributed by atoms with Crippen molar-refractivity contribution >= 4 is 0 Å². The van der Waals surface area contributed by atoms with Crippen LogP contribution in [0.1, 0.15) is 0 Å². The molecule has 2 N–H and O–H groups in total. The quantitative estimate of drug-likeness (QED) is 0.160. The molecule has 31 heavy (non-hydrogen) atoms. The minimum absolute atomic E-state index is 0. The van der Waals surface area contributed by atoms with E-state index in [1.54, 1.807) is 0 Å². The maximum absolute atomic E-state index is 12.1. The van der Waals surface area contributed by atoms with Crippen molar-refractivity contribution in [2.24, 2.45) is 0 Å². The molecule has 162 valence electrons. The van der Waals surface area contributed by atoms with Crippen molar-refractivity contribution in [1.82, 2.24) is 0 Å². The largest absolute Gasteiger partial charge is 2.00 e. The van der Waals surface area contributed by atoms with Crippen LogP contribution in [0.3, 0.4) is 0 Å². The number of rotatable bonds is 0. The molecule has 4 aromatic carbocycles. The summed E-state index contributed by atoms with van der Waals surface area (Å²) in [6.07, 6.45) is 0. The van der Waals surface area contributed by atoms with Gasteiger partial charge in [-0.25, -0.2) is 50.6 Å². The Morgan fingerprint density at radius 3 is 0.871 bits per heavy atom. The number of phenols is 2. The van der Waals surface area contributed by atoms with E-state index in [1.165, 1.54) is 0 Å². The van der Waals surface area contributed by atoms with Crippen molar-refractivity contribution in [3.63, 3.8) is 0 Å². The van der Waals surface area contributed by atoms with Crippen molar-refractivity contribution in [3.05, 3.63) is 120 Å². The Morgan fingerprint density at radius 2 is 0.710 bits per heavy atom. The van der Waals surface area contributed by atoms with Crippen LogP contribution in [0.15, 0.2) is 84.9 Å². The molecule has 2 nitrogen and oxygen atoms in total. The fourth-order valence-electron chi connectivity index (χ4n) is 1.73. The van der Waals surface area contributed by atoms with E-state index in [9.17, 15) is 26.3 Å². The third-order valence-electron chi connectivity index (χ3n) is 3.05. The van der Waals surface area contributed by atoms with Crippen LogP contribution in [0.25, 0.3) is 0 Å². The van der Waals surface area contributed by atoms with Gasteiger partial charge in [-0.05, 0) is 0 Å². The van der Waals surface area contributed by atoms with Gasteiger partial charge in [-0.1, -0.05) is 0 Å². The van der Waals surface area contributed by atoms with Gasteiger partial charge in [0.05, 0.1) is 0 Å². The van der Waals surface area contributed by atoms with Crippen LogP contribution in [0.5, 0.6) is 11.5 Å². The molecule has 0 aliphatic heterocycles. The predicted molar refractivity (Wildman–Crippen MR) is 100 cm³/mol. The van der Waals surface area contributed by atoms with Gasteiger partial charge in [0.15, 0.2) is 34.9 Å². The number of hydrogen-bond acceptors (Lipinski definition) is 2. The van der Waals surface area contributed by atoms with Crippen LogP contribution >= 0.6 is 0 Å². The second-order valence-corrected chi connectivity index (χ2v) is 5.37. The average molecular weight is 518 g/mol. The Labute approximate surface area is 193 Å². The van der Waals surface area contributed by atoms with Crippen molar-refractivity contribution in [3.8, 4) is 11.5 Å². The molecule has 4 rings (SSSR count).